The summed E-state index contributed by atoms with van der Waals surface area (Å²) in [5.41, 5.74) is 10.2. The number of hydrogen-bond acceptors (Lipinski definition) is 18. The van der Waals surface area contributed by atoms with Crippen LogP contribution in [0.5, 0.6) is 0 Å². The van der Waals surface area contributed by atoms with E-state index < -0.39 is 17.9 Å². The van der Waals surface area contributed by atoms with Gasteiger partial charge in [-0.25, -0.2) is 19.2 Å². The fourth-order valence-corrected chi connectivity index (χ4v) is 14.0. The van der Waals surface area contributed by atoms with Gasteiger partial charge in [0, 0.05) is 96.5 Å². The number of rotatable bonds is 15. The summed E-state index contributed by atoms with van der Waals surface area (Å²) in [5, 5.41) is 25.7. The molecule has 7 heterocycles. The van der Waals surface area contributed by atoms with E-state index in [9.17, 15) is 33.9 Å². The summed E-state index contributed by atoms with van der Waals surface area (Å²) in [6, 6.07) is 7.21. The van der Waals surface area contributed by atoms with Crippen LogP contribution in [0.4, 0.5) is 22.7 Å². The molecule has 2 aliphatic rings. The molecule has 546 valence electrons. The Hall–Kier alpha value is -8.91. The summed E-state index contributed by atoms with van der Waals surface area (Å²) in [4.78, 5) is 83.2. The first kappa shape index (κ1) is 82.0. The Morgan fingerprint density at radius 1 is 0.500 bits per heavy atom. The van der Waals surface area contributed by atoms with E-state index >= 15 is 0 Å². The third-order valence-electron chi connectivity index (χ3n) is 15.8. The van der Waals surface area contributed by atoms with E-state index in [1.54, 1.807) is 54.6 Å². The molecule has 24 heteroatoms. The lowest BCUT2D eigenvalue weighted by molar-refractivity contribution is -0.124. The summed E-state index contributed by atoms with van der Waals surface area (Å²) in [6.07, 6.45) is 18.5. The molecule has 2 saturated carbocycles. The first-order chi connectivity index (χ1) is 47.7. The number of carboxylic acid groups (broad SMARTS) is 1. The van der Waals surface area contributed by atoms with Crippen molar-refractivity contribution in [2.45, 2.75) is 168 Å². The van der Waals surface area contributed by atoms with E-state index in [1.807, 2.05) is 114 Å². The molecular formula is C78H100N10O10S4. The smallest absolute Gasteiger partial charge is 0.350 e. The first-order valence-corrected chi connectivity index (χ1v) is 37.2. The maximum Gasteiger partial charge on any atom is 0.350 e. The Kier molecular flexibility index (Phi) is 29.2. The minimum atomic E-state index is -1.04. The van der Waals surface area contributed by atoms with E-state index in [-0.39, 0.29) is 56.2 Å². The molecule has 0 radical (unpaired) electrons. The third-order valence-corrected chi connectivity index (χ3v) is 19.9. The van der Waals surface area contributed by atoms with Crippen LogP contribution in [-0.2, 0) is 64.6 Å². The third kappa shape index (κ3) is 25.9. The van der Waals surface area contributed by atoms with Crippen LogP contribution in [0.2, 0.25) is 0 Å². The van der Waals surface area contributed by atoms with E-state index in [4.69, 9.17) is 15.2 Å². The monoisotopic (exact) mass is 1460 g/mol. The number of methoxy groups -OCH3 is 3. The quantitative estimate of drug-likeness (QED) is 0.0490. The van der Waals surface area contributed by atoms with Gasteiger partial charge in [0.05, 0.1) is 95.3 Å². The van der Waals surface area contributed by atoms with Gasteiger partial charge < -0.3 is 40.2 Å². The van der Waals surface area contributed by atoms with Crippen molar-refractivity contribution in [1.29, 1.82) is 0 Å². The number of nitrogens with one attached hydrogen (secondary N) is 1. The summed E-state index contributed by atoms with van der Waals surface area (Å²) in [7, 11) is 9.63. The molecule has 2 aliphatic carbocycles. The van der Waals surface area contributed by atoms with Gasteiger partial charge in [-0.3, -0.25) is 23.6 Å². The van der Waals surface area contributed by atoms with E-state index in [0.29, 0.717) is 68.0 Å². The highest BCUT2D eigenvalue weighted by atomic mass is 32.1. The molecule has 20 nitrogen and oxygen atoms in total. The number of carbonyl (C=O) groups is 6. The molecule has 9 rings (SSSR count). The lowest BCUT2D eigenvalue weighted by Gasteiger charge is -2.31. The molecule has 0 bridgehead atoms. The number of carboxylic acids is 1. The number of carbonyl (C=O) groups excluding carboxylic acids is 5. The zero-order valence-electron chi connectivity index (χ0n) is 62.8. The number of hydrogen-bond donors (Lipinski definition) is 3. The average Bonchev–Trinajstić information content (AvgIpc) is 1.58. The second kappa shape index (κ2) is 36.3. The van der Waals surface area contributed by atoms with Crippen LogP contribution in [0, 0.1) is 92.7 Å². The fourth-order valence-electron chi connectivity index (χ4n) is 10.5. The second-order valence-electron chi connectivity index (χ2n) is 29.9. The Balaban J connectivity index is 0.000000220. The predicted molar refractivity (Wildman–Crippen MR) is 410 cm³/mol. The Labute approximate surface area is 618 Å². The van der Waals surface area contributed by atoms with Gasteiger partial charge in [0.1, 0.15) is 19.5 Å². The molecule has 2 fully saturated rings. The number of aromatic nitrogens is 6. The molecule has 4 N–H and O–H groups in total. The van der Waals surface area contributed by atoms with Crippen LogP contribution >= 0.6 is 45.3 Å². The fraction of sp³-hybridized carbons (Fsp3) is 0.500. The van der Waals surface area contributed by atoms with Crippen LogP contribution in [0.25, 0.3) is 0 Å². The second-order valence-corrected chi connectivity index (χ2v) is 34.1. The maximum atomic E-state index is 13.7. The highest BCUT2D eigenvalue weighted by Gasteiger charge is 2.35. The summed E-state index contributed by atoms with van der Waals surface area (Å²) in [6.45, 7) is 30.1. The number of amides is 2. The standard InChI is InChI=1S/C25H33N3O3S.C24H31N3O3S.C17H21N3O2S.C12H15NO2S/c1-17-7-9-19(10-8-17)23(29)28(16-18-14-26-27(5)15-18)21-13-20(11-12-25(2,3)4)32-22(21)24(30)31-6;1-16-6-8-18(9-7-16)22(28)27(15-17-13-25-26(5)14-17)20-12-19(10-11-24(2,3)4)31-21(20)23(29)30;1-17(2,3)7-6-13-8-14(15(23-13)16(21)22-5)18-9-12-10-19-20(4)11-12;1-12(2,3)6-5-8-7-9(13)10(16-8)11(14)15-4/h13-15,17,19H,7-10,16H2,1-6H3;12-14,16,18H,6-9,15H2,1-5H3,(H,29,30);8,10-11,18H,9H2,1-5H3;7H,13H2,1-4H3. The van der Waals surface area contributed by atoms with Gasteiger partial charge in [0.15, 0.2) is 0 Å². The van der Waals surface area contributed by atoms with Crippen LogP contribution in [0.15, 0.2) is 61.4 Å². The lowest BCUT2D eigenvalue weighted by atomic mass is 9.82. The number of esters is 3. The predicted octanol–water partition coefficient (Wildman–Crippen LogP) is 15.8. The first-order valence-electron chi connectivity index (χ1n) is 33.9. The zero-order valence-corrected chi connectivity index (χ0v) is 66.0. The molecule has 0 aliphatic heterocycles. The number of aryl methyl sites for hydroxylation is 3. The lowest BCUT2D eigenvalue weighted by Crippen LogP contribution is -2.37. The molecule has 102 heavy (non-hydrogen) atoms. The number of nitrogens with two attached hydrogens (primary N) is 1. The van der Waals surface area contributed by atoms with Crippen LogP contribution < -0.4 is 20.9 Å². The number of aromatic carboxylic acids is 1. The van der Waals surface area contributed by atoms with Gasteiger partial charge in [-0.05, 0) is 171 Å². The van der Waals surface area contributed by atoms with Gasteiger partial charge >= 0.3 is 23.9 Å². The highest BCUT2D eigenvalue weighted by Crippen LogP contribution is 2.39. The molecule has 0 spiro atoms. The molecule has 0 atom stereocenters. The van der Waals surface area contributed by atoms with Crippen molar-refractivity contribution in [2.24, 2.45) is 66.5 Å². The van der Waals surface area contributed by atoms with Gasteiger partial charge in [-0.15, -0.1) is 45.3 Å². The molecule has 2 amide bonds. The summed E-state index contributed by atoms with van der Waals surface area (Å²) >= 11 is 5.01. The minimum absolute atomic E-state index is 0.00798. The molecule has 0 unspecified atom stereocenters. The van der Waals surface area contributed by atoms with Gasteiger partial charge in [-0.2, -0.15) is 15.3 Å². The number of thiophene rings is 4. The molecule has 0 saturated heterocycles. The van der Waals surface area contributed by atoms with E-state index in [0.717, 1.165) is 99.7 Å². The van der Waals surface area contributed by atoms with Gasteiger partial charge in [0.25, 0.3) is 0 Å². The van der Waals surface area contributed by atoms with Crippen LogP contribution in [0.3, 0.4) is 0 Å². The normalized spacial score (nSPS) is 15.6. The molecule has 7 aromatic heterocycles. The largest absolute Gasteiger partial charge is 0.477 e. The number of ether oxygens (including phenoxy) is 3. The Morgan fingerprint density at radius 3 is 1.19 bits per heavy atom. The van der Waals surface area contributed by atoms with E-state index in [2.05, 4.69) is 107 Å². The van der Waals surface area contributed by atoms with Crippen molar-refractivity contribution in [2.75, 3.05) is 42.2 Å². The zero-order chi connectivity index (χ0) is 75.6. The van der Waals surface area contributed by atoms with Gasteiger partial charge in [-0.1, -0.05) is 61.2 Å². The van der Waals surface area contributed by atoms with Crippen LogP contribution in [0.1, 0.15) is 223 Å². The minimum Gasteiger partial charge on any atom is -0.477 e. The number of anilines is 4. The molecular weight excluding hydrogens is 1370 g/mol. The summed E-state index contributed by atoms with van der Waals surface area (Å²) in [5.74, 6) is 24.0. The Bertz CT molecular complexity index is 4330. The van der Waals surface area contributed by atoms with Crippen molar-refractivity contribution >= 4 is 104 Å². The highest BCUT2D eigenvalue weighted by molar-refractivity contribution is 7.16. The topological polar surface area (TPSA) is 248 Å². The SMILES string of the molecule is CC1CCC(C(=O)N(Cc2cnn(C)c2)c2cc(C#CC(C)(C)C)sc2C(=O)O)CC1.COC(=O)c1sc(C#CC(C)(C)C)cc1N.COC(=O)c1sc(C#CC(C)(C)C)cc1N(Cc1cnn(C)c1)C(=O)C1CCC(C)CC1.COC(=O)c1sc(C#CC(C)(C)C)cc1NCc1cnn(C)c1. The van der Waals surface area contributed by atoms with Crippen LogP contribution in [-0.4, -0.2) is 91.5 Å². The summed E-state index contributed by atoms with van der Waals surface area (Å²) < 4.78 is 19.7. The number of nitrogen functional groups attached to an aromatic ring is 1. The van der Waals surface area contributed by atoms with Crippen molar-refractivity contribution in [3.8, 4) is 47.4 Å². The average molecular weight is 1470 g/mol. The van der Waals surface area contributed by atoms with Gasteiger partial charge in [0.2, 0.25) is 11.8 Å². The molecule has 7 aromatic rings. The maximum absolute atomic E-state index is 13.7. The van der Waals surface area contributed by atoms with Crippen molar-refractivity contribution < 1.29 is 48.1 Å². The Morgan fingerprint density at radius 2 is 0.824 bits per heavy atom. The molecule has 0 aromatic carbocycles. The van der Waals surface area contributed by atoms with Crippen molar-refractivity contribution in [3.05, 3.63) is 117 Å². The van der Waals surface area contributed by atoms with Crippen molar-refractivity contribution in [1.82, 2.24) is 29.3 Å². The number of nitrogens with zero attached hydrogens (tertiary/aromatic N) is 8. The van der Waals surface area contributed by atoms with E-state index in [1.165, 1.54) is 55.3 Å². The van der Waals surface area contributed by atoms with Crippen molar-refractivity contribution in [3.63, 3.8) is 0 Å².